The lowest BCUT2D eigenvalue weighted by atomic mass is 9.96. The zero-order valence-corrected chi connectivity index (χ0v) is 12.3. The van der Waals surface area contributed by atoms with Crippen molar-refractivity contribution in [3.05, 3.63) is 29.8 Å². The van der Waals surface area contributed by atoms with Crippen LogP contribution in [0.1, 0.15) is 23.7 Å². The maximum Gasteiger partial charge on any atom is 0.176 e. The van der Waals surface area contributed by atoms with Crippen molar-refractivity contribution in [2.75, 3.05) is 25.9 Å². The number of hydrogen-bond donors (Lipinski definition) is 1. The summed E-state index contributed by atoms with van der Waals surface area (Å²) < 4.78 is 0. The van der Waals surface area contributed by atoms with E-state index in [1.807, 2.05) is 37.4 Å². The van der Waals surface area contributed by atoms with Crippen molar-refractivity contribution in [2.24, 2.45) is 5.92 Å². The second kappa shape index (κ2) is 6.55. The van der Waals surface area contributed by atoms with Crippen LogP contribution in [0.2, 0.25) is 0 Å². The van der Waals surface area contributed by atoms with E-state index in [-0.39, 0.29) is 17.8 Å². The van der Waals surface area contributed by atoms with E-state index in [2.05, 4.69) is 4.90 Å². The smallest absolute Gasteiger partial charge is 0.176 e. The van der Waals surface area contributed by atoms with Gasteiger partial charge in [-0.05, 0) is 30.7 Å². The number of carbonyl (C=O) groups is 1. The number of thioether (sulfide) groups is 1. The summed E-state index contributed by atoms with van der Waals surface area (Å²) in [6.07, 6.45) is 2.57. The highest BCUT2D eigenvalue weighted by molar-refractivity contribution is 7.98. The molecule has 1 aromatic rings. The number of carbonyl (C=O) groups excluding carboxylic acids is 1. The van der Waals surface area contributed by atoms with Gasteiger partial charge in [0.15, 0.2) is 5.78 Å². The Kier molecular flexibility index (Phi) is 5.02. The van der Waals surface area contributed by atoms with Gasteiger partial charge in [-0.3, -0.25) is 9.69 Å². The lowest BCUT2D eigenvalue weighted by molar-refractivity contribution is 0.0344. The third-order valence-electron chi connectivity index (χ3n) is 3.72. The van der Waals surface area contributed by atoms with Crippen LogP contribution in [0.4, 0.5) is 0 Å². The Labute approximate surface area is 119 Å². The molecule has 104 valence electrons. The van der Waals surface area contributed by atoms with Crippen molar-refractivity contribution in [2.45, 2.75) is 24.3 Å². The van der Waals surface area contributed by atoms with Crippen molar-refractivity contribution in [3.8, 4) is 0 Å². The van der Waals surface area contributed by atoms with Crippen molar-refractivity contribution >= 4 is 17.5 Å². The summed E-state index contributed by atoms with van der Waals surface area (Å²) in [5.74, 6) is 0.414. The number of piperidine rings is 1. The van der Waals surface area contributed by atoms with Crippen LogP contribution in [-0.2, 0) is 0 Å². The van der Waals surface area contributed by atoms with E-state index < -0.39 is 0 Å². The first-order valence-corrected chi connectivity index (χ1v) is 7.90. The fraction of sp³-hybridized carbons (Fsp3) is 0.533. The number of likely N-dealkylation sites (tertiary alicyclic amines) is 1. The normalized spacial score (nSPS) is 24.4. The van der Waals surface area contributed by atoms with Gasteiger partial charge in [-0.25, -0.2) is 0 Å². The van der Waals surface area contributed by atoms with Crippen LogP contribution in [0.25, 0.3) is 0 Å². The van der Waals surface area contributed by atoms with Crippen LogP contribution in [0, 0.1) is 5.92 Å². The molecule has 1 fully saturated rings. The molecule has 1 aliphatic heterocycles. The topological polar surface area (TPSA) is 40.5 Å². The van der Waals surface area contributed by atoms with Crippen LogP contribution in [0.15, 0.2) is 29.2 Å². The molecule has 4 heteroatoms. The van der Waals surface area contributed by atoms with Crippen LogP contribution >= 0.6 is 11.8 Å². The van der Waals surface area contributed by atoms with Crippen LogP contribution in [-0.4, -0.2) is 47.8 Å². The lowest BCUT2D eigenvalue weighted by Crippen LogP contribution is -2.44. The van der Waals surface area contributed by atoms with E-state index in [1.165, 1.54) is 4.90 Å². The van der Waals surface area contributed by atoms with E-state index >= 15 is 0 Å². The van der Waals surface area contributed by atoms with Crippen LogP contribution in [0.5, 0.6) is 0 Å². The molecule has 1 aliphatic rings. The molecule has 0 bridgehead atoms. The number of rotatable bonds is 4. The highest BCUT2D eigenvalue weighted by Crippen LogP contribution is 2.18. The number of benzene rings is 1. The Bertz CT molecular complexity index is 432. The largest absolute Gasteiger partial charge is 0.393 e. The number of nitrogens with zero attached hydrogens (tertiary/aromatic N) is 1. The summed E-state index contributed by atoms with van der Waals surface area (Å²) in [6, 6.07) is 7.77. The quantitative estimate of drug-likeness (QED) is 0.678. The number of ketones is 1. The minimum atomic E-state index is -0.216. The van der Waals surface area contributed by atoms with Gasteiger partial charge in [0, 0.05) is 23.5 Å². The standard InChI is InChI=1S/C15H21NO2S/c1-11-9-16(8-7-14(11)17)10-15(18)12-3-5-13(19-2)6-4-12/h3-6,11,14,17H,7-10H2,1-2H3. The average molecular weight is 279 g/mol. The number of hydrogen-bond acceptors (Lipinski definition) is 4. The Balaban J connectivity index is 1.93. The van der Waals surface area contributed by atoms with Gasteiger partial charge in [-0.15, -0.1) is 11.8 Å². The average Bonchev–Trinajstić information content (AvgIpc) is 2.43. The summed E-state index contributed by atoms with van der Waals surface area (Å²) in [5.41, 5.74) is 0.775. The van der Waals surface area contributed by atoms with Crippen molar-refractivity contribution in [1.29, 1.82) is 0 Å². The predicted molar refractivity (Wildman–Crippen MR) is 78.8 cm³/mol. The Hall–Kier alpha value is -0.840. The minimum absolute atomic E-state index is 0.163. The zero-order chi connectivity index (χ0) is 13.8. The third-order valence-corrected chi connectivity index (χ3v) is 4.47. The van der Waals surface area contributed by atoms with E-state index in [9.17, 15) is 9.90 Å². The number of aliphatic hydroxyl groups is 1. The molecule has 0 aliphatic carbocycles. The minimum Gasteiger partial charge on any atom is -0.393 e. The third kappa shape index (κ3) is 3.81. The molecule has 1 saturated heterocycles. The summed E-state index contributed by atoms with van der Waals surface area (Å²) in [7, 11) is 0. The molecule has 1 heterocycles. The zero-order valence-electron chi connectivity index (χ0n) is 11.5. The SMILES string of the molecule is CSc1ccc(C(=O)CN2CCC(O)C(C)C2)cc1. The first-order valence-electron chi connectivity index (χ1n) is 6.68. The monoisotopic (exact) mass is 279 g/mol. The van der Waals surface area contributed by atoms with E-state index in [0.717, 1.165) is 25.1 Å². The molecule has 2 unspecified atom stereocenters. The summed E-state index contributed by atoms with van der Waals surface area (Å²) in [6.45, 7) is 4.10. The molecular weight excluding hydrogens is 258 g/mol. The maximum atomic E-state index is 12.2. The second-order valence-electron chi connectivity index (χ2n) is 5.22. The summed E-state index contributed by atoms with van der Waals surface area (Å²) in [4.78, 5) is 15.5. The molecular formula is C15H21NO2S. The molecule has 0 radical (unpaired) electrons. The molecule has 0 aromatic heterocycles. The lowest BCUT2D eigenvalue weighted by Gasteiger charge is -2.33. The van der Waals surface area contributed by atoms with Gasteiger partial charge in [0.05, 0.1) is 12.6 Å². The van der Waals surface area contributed by atoms with Gasteiger partial charge >= 0.3 is 0 Å². The van der Waals surface area contributed by atoms with E-state index in [4.69, 9.17) is 0 Å². The van der Waals surface area contributed by atoms with E-state index in [1.54, 1.807) is 11.8 Å². The van der Waals surface area contributed by atoms with Gasteiger partial charge < -0.3 is 5.11 Å². The Morgan fingerprint density at radius 3 is 2.68 bits per heavy atom. The molecule has 0 amide bonds. The van der Waals surface area contributed by atoms with Crippen LogP contribution in [0.3, 0.4) is 0 Å². The first kappa shape index (κ1) is 14.6. The van der Waals surface area contributed by atoms with Gasteiger partial charge in [0.25, 0.3) is 0 Å². The Morgan fingerprint density at radius 2 is 2.11 bits per heavy atom. The predicted octanol–water partition coefficient (Wildman–Crippen LogP) is 2.29. The molecule has 0 spiro atoms. The van der Waals surface area contributed by atoms with Crippen LogP contribution < -0.4 is 0 Å². The maximum absolute atomic E-state index is 12.2. The van der Waals surface area contributed by atoms with Crippen molar-refractivity contribution in [3.63, 3.8) is 0 Å². The molecule has 2 rings (SSSR count). The molecule has 1 aromatic carbocycles. The molecule has 2 atom stereocenters. The molecule has 1 N–H and O–H groups in total. The molecule has 19 heavy (non-hydrogen) atoms. The fourth-order valence-corrected chi connectivity index (χ4v) is 2.84. The summed E-state index contributed by atoms with van der Waals surface area (Å²) >= 11 is 1.68. The summed E-state index contributed by atoms with van der Waals surface area (Å²) in [5, 5.41) is 9.69. The second-order valence-corrected chi connectivity index (χ2v) is 6.10. The molecule has 0 saturated carbocycles. The fourth-order valence-electron chi connectivity index (χ4n) is 2.43. The van der Waals surface area contributed by atoms with E-state index in [0.29, 0.717) is 6.54 Å². The van der Waals surface area contributed by atoms with Crippen molar-refractivity contribution < 1.29 is 9.90 Å². The van der Waals surface area contributed by atoms with Gasteiger partial charge in [0.2, 0.25) is 0 Å². The number of Topliss-reactive ketones (excluding diaryl/α,β-unsaturated/α-hetero) is 1. The first-order chi connectivity index (χ1) is 9.10. The highest BCUT2D eigenvalue weighted by Gasteiger charge is 2.25. The molecule has 3 nitrogen and oxygen atoms in total. The highest BCUT2D eigenvalue weighted by atomic mass is 32.2. The van der Waals surface area contributed by atoms with Gasteiger partial charge in [-0.1, -0.05) is 19.1 Å². The number of aliphatic hydroxyl groups excluding tert-OH is 1. The van der Waals surface area contributed by atoms with Gasteiger partial charge in [-0.2, -0.15) is 0 Å². The van der Waals surface area contributed by atoms with Crippen molar-refractivity contribution in [1.82, 2.24) is 4.90 Å². The Morgan fingerprint density at radius 1 is 1.42 bits per heavy atom. The van der Waals surface area contributed by atoms with Gasteiger partial charge in [0.1, 0.15) is 0 Å².